The van der Waals surface area contributed by atoms with E-state index in [4.69, 9.17) is 0 Å². The fraction of sp³-hybridized carbons (Fsp3) is 0.444. The SMILES string of the molecule is Cc1cccc(F)c1N1CCC(N2Cc3cn(C)nc3N(Cc3nc(N(C)C)ccc3C(F)(F)F)C2=O)CC1. The molecule has 208 valence electrons. The van der Waals surface area contributed by atoms with E-state index in [1.807, 2.05) is 17.9 Å². The predicted octanol–water partition coefficient (Wildman–Crippen LogP) is 4.96. The molecular weight excluding hydrogens is 514 g/mol. The van der Waals surface area contributed by atoms with E-state index in [-0.39, 0.29) is 24.1 Å². The molecule has 3 aromatic rings. The highest BCUT2D eigenvalue weighted by molar-refractivity contribution is 5.93. The Hall–Kier alpha value is -3.83. The van der Waals surface area contributed by atoms with Crippen LogP contribution in [-0.2, 0) is 26.3 Å². The van der Waals surface area contributed by atoms with Crippen LogP contribution in [0.5, 0.6) is 0 Å². The minimum Gasteiger partial charge on any atom is -0.369 e. The van der Waals surface area contributed by atoms with Gasteiger partial charge in [0, 0.05) is 52.0 Å². The van der Waals surface area contributed by atoms with Crippen LogP contribution < -0.4 is 14.7 Å². The van der Waals surface area contributed by atoms with Crippen molar-refractivity contribution in [1.82, 2.24) is 19.7 Å². The molecule has 0 unspecified atom stereocenters. The summed E-state index contributed by atoms with van der Waals surface area (Å²) >= 11 is 0. The summed E-state index contributed by atoms with van der Waals surface area (Å²) < 4.78 is 57.9. The van der Waals surface area contributed by atoms with E-state index in [2.05, 4.69) is 10.1 Å². The Morgan fingerprint density at radius 1 is 1.10 bits per heavy atom. The normalized spacial score (nSPS) is 16.6. The van der Waals surface area contributed by atoms with Crippen LogP contribution in [0.2, 0.25) is 0 Å². The van der Waals surface area contributed by atoms with Crippen LogP contribution in [0.15, 0.2) is 36.5 Å². The number of rotatable bonds is 5. The van der Waals surface area contributed by atoms with Crippen molar-refractivity contribution < 1.29 is 22.4 Å². The van der Waals surface area contributed by atoms with Gasteiger partial charge in [0.2, 0.25) is 0 Å². The molecule has 0 bridgehead atoms. The molecule has 2 aliphatic heterocycles. The van der Waals surface area contributed by atoms with E-state index in [1.165, 1.54) is 17.0 Å². The number of carbonyl (C=O) groups is 1. The summed E-state index contributed by atoms with van der Waals surface area (Å²) in [6, 6.07) is 6.75. The number of fused-ring (bicyclic) bond motifs is 1. The van der Waals surface area contributed by atoms with Gasteiger partial charge >= 0.3 is 12.2 Å². The van der Waals surface area contributed by atoms with Crippen molar-refractivity contribution in [2.24, 2.45) is 7.05 Å². The third-order valence-electron chi connectivity index (χ3n) is 7.40. The standard InChI is InChI=1S/C27H31F4N7O/c1-17-6-5-7-21(28)24(17)36-12-10-19(11-13-36)37-15-18-14-35(4)33-25(18)38(26(37)39)16-22-20(27(29,30)31)8-9-23(32-22)34(2)3/h5-9,14,19H,10-13,15-16H2,1-4H3. The van der Waals surface area contributed by atoms with Gasteiger partial charge in [0.05, 0.1) is 30.0 Å². The molecule has 5 rings (SSSR count). The summed E-state index contributed by atoms with van der Waals surface area (Å²) in [6.07, 6.45) is -1.64. The van der Waals surface area contributed by atoms with E-state index < -0.39 is 17.8 Å². The number of carbonyl (C=O) groups excluding carboxylic acids is 1. The molecule has 4 heterocycles. The van der Waals surface area contributed by atoms with E-state index in [0.717, 1.165) is 17.2 Å². The molecule has 1 saturated heterocycles. The number of hydrogen-bond donors (Lipinski definition) is 0. The highest BCUT2D eigenvalue weighted by Crippen LogP contribution is 2.37. The molecule has 39 heavy (non-hydrogen) atoms. The molecule has 0 radical (unpaired) electrons. The quantitative estimate of drug-likeness (QED) is 0.425. The molecule has 0 spiro atoms. The first kappa shape index (κ1) is 26.8. The monoisotopic (exact) mass is 545 g/mol. The van der Waals surface area contributed by atoms with Gasteiger partial charge in [-0.25, -0.2) is 14.2 Å². The Morgan fingerprint density at radius 2 is 1.82 bits per heavy atom. The van der Waals surface area contributed by atoms with Gasteiger partial charge in [-0.05, 0) is 43.5 Å². The van der Waals surface area contributed by atoms with Crippen LogP contribution in [0, 0.1) is 12.7 Å². The van der Waals surface area contributed by atoms with Crippen LogP contribution in [-0.4, -0.2) is 58.9 Å². The number of hydrogen-bond acceptors (Lipinski definition) is 5. The van der Waals surface area contributed by atoms with Gasteiger partial charge in [-0.15, -0.1) is 0 Å². The Bertz CT molecular complexity index is 1360. The second-order valence-corrected chi connectivity index (χ2v) is 10.3. The molecule has 0 aliphatic carbocycles. The number of anilines is 3. The molecular formula is C27H31F4N7O. The number of alkyl halides is 3. The first-order valence-electron chi connectivity index (χ1n) is 12.8. The summed E-state index contributed by atoms with van der Waals surface area (Å²) in [5.74, 6) is 0.418. The second kappa shape index (κ2) is 10.0. The summed E-state index contributed by atoms with van der Waals surface area (Å²) in [6.45, 7) is 2.92. The number of pyridine rings is 1. The lowest BCUT2D eigenvalue weighted by Gasteiger charge is -2.43. The largest absolute Gasteiger partial charge is 0.418 e. The minimum atomic E-state index is -4.63. The molecule has 2 amide bonds. The average molecular weight is 546 g/mol. The lowest BCUT2D eigenvalue weighted by molar-refractivity contribution is -0.138. The molecule has 1 aromatic carbocycles. The van der Waals surface area contributed by atoms with Crippen molar-refractivity contribution in [2.45, 2.75) is 45.1 Å². The van der Waals surface area contributed by atoms with Gasteiger partial charge in [-0.1, -0.05) is 12.1 Å². The van der Waals surface area contributed by atoms with Gasteiger partial charge in [-0.2, -0.15) is 18.3 Å². The van der Waals surface area contributed by atoms with Gasteiger partial charge < -0.3 is 14.7 Å². The lowest BCUT2D eigenvalue weighted by Crippen LogP contribution is -2.54. The second-order valence-electron chi connectivity index (χ2n) is 10.3. The van der Waals surface area contributed by atoms with E-state index >= 15 is 0 Å². The van der Waals surface area contributed by atoms with Crippen LogP contribution >= 0.6 is 0 Å². The van der Waals surface area contributed by atoms with Crippen molar-refractivity contribution in [1.29, 1.82) is 0 Å². The van der Waals surface area contributed by atoms with Crippen LogP contribution in [0.3, 0.4) is 0 Å². The number of aryl methyl sites for hydroxylation is 2. The fourth-order valence-corrected chi connectivity index (χ4v) is 5.48. The minimum absolute atomic E-state index is 0.153. The van der Waals surface area contributed by atoms with Gasteiger partial charge in [0.15, 0.2) is 5.82 Å². The smallest absolute Gasteiger partial charge is 0.369 e. The average Bonchev–Trinajstić information content (AvgIpc) is 3.25. The van der Waals surface area contributed by atoms with Gasteiger partial charge in [0.25, 0.3) is 0 Å². The first-order chi connectivity index (χ1) is 18.4. The van der Waals surface area contributed by atoms with Crippen molar-refractivity contribution in [2.75, 3.05) is 41.9 Å². The van der Waals surface area contributed by atoms with Crippen molar-refractivity contribution >= 4 is 23.4 Å². The molecule has 0 N–H and O–H groups in total. The van der Waals surface area contributed by atoms with Crippen molar-refractivity contribution in [3.63, 3.8) is 0 Å². The van der Waals surface area contributed by atoms with Crippen LogP contribution in [0.25, 0.3) is 0 Å². The van der Waals surface area contributed by atoms with Crippen LogP contribution in [0.4, 0.5) is 39.7 Å². The zero-order valence-electron chi connectivity index (χ0n) is 22.3. The number of amides is 2. The van der Waals surface area contributed by atoms with Crippen LogP contribution in [0.1, 0.15) is 35.2 Å². The molecule has 0 saturated carbocycles. The highest BCUT2D eigenvalue weighted by Gasteiger charge is 2.41. The molecule has 0 atom stereocenters. The summed E-state index contributed by atoms with van der Waals surface area (Å²) in [5.41, 5.74) is 1.04. The summed E-state index contributed by atoms with van der Waals surface area (Å²) in [7, 11) is 5.10. The lowest BCUT2D eigenvalue weighted by atomic mass is 10.00. The van der Waals surface area contributed by atoms with E-state index in [1.54, 1.807) is 47.9 Å². The number of aromatic nitrogens is 3. The molecule has 8 nitrogen and oxygen atoms in total. The van der Waals surface area contributed by atoms with Gasteiger partial charge in [0.1, 0.15) is 11.6 Å². The summed E-state index contributed by atoms with van der Waals surface area (Å²) in [5, 5.41) is 4.41. The molecule has 2 aromatic heterocycles. The number of nitrogens with zero attached hydrogens (tertiary/aromatic N) is 7. The number of urea groups is 1. The van der Waals surface area contributed by atoms with Crippen molar-refractivity contribution in [3.05, 3.63) is 64.7 Å². The Balaban J connectivity index is 1.43. The van der Waals surface area contributed by atoms with Gasteiger partial charge in [-0.3, -0.25) is 9.58 Å². The maximum atomic E-state index is 14.6. The molecule has 1 fully saturated rings. The third kappa shape index (κ3) is 5.11. The predicted molar refractivity (Wildman–Crippen MR) is 140 cm³/mol. The number of halogens is 4. The molecule has 12 heteroatoms. The maximum absolute atomic E-state index is 14.6. The Labute approximate surface area is 224 Å². The third-order valence-corrected chi connectivity index (χ3v) is 7.40. The Morgan fingerprint density at radius 3 is 2.46 bits per heavy atom. The topological polar surface area (TPSA) is 60.7 Å². The zero-order valence-corrected chi connectivity index (χ0v) is 22.3. The summed E-state index contributed by atoms with van der Waals surface area (Å²) in [4.78, 5) is 24.7. The number of piperidine rings is 1. The van der Waals surface area contributed by atoms with E-state index in [9.17, 15) is 22.4 Å². The van der Waals surface area contributed by atoms with E-state index in [0.29, 0.717) is 49.8 Å². The Kier molecular flexibility index (Phi) is 6.90. The zero-order chi connectivity index (χ0) is 28.1. The fourth-order valence-electron chi connectivity index (χ4n) is 5.48. The molecule has 2 aliphatic rings. The maximum Gasteiger partial charge on any atom is 0.418 e. The first-order valence-corrected chi connectivity index (χ1v) is 12.8. The number of para-hydroxylation sites is 1. The van der Waals surface area contributed by atoms with Crippen molar-refractivity contribution in [3.8, 4) is 0 Å². The number of benzene rings is 1. The highest BCUT2D eigenvalue weighted by atomic mass is 19.4.